The second-order valence-corrected chi connectivity index (χ2v) is 8.24. The Morgan fingerprint density at radius 2 is 1.87 bits per heavy atom. The number of hydrogen-bond donors (Lipinski definition) is 1. The number of carbonyl (C=O) groups excluding carboxylic acids is 1. The Balaban J connectivity index is 1.54. The van der Waals surface area contributed by atoms with Crippen LogP contribution in [0.3, 0.4) is 0 Å². The molecule has 156 valence electrons. The van der Waals surface area contributed by atoms with Gasteiger partial charge in [-0.25, -0.2) is 0 Å². The van der Waals surface area contributed by atoms with Crippen molar-refractivity contribution < 1.29 is 9.53 Å². The molecule has 1 amide bonds. The van der Waals surface area contributed by atoms with Crippen molar-refractivity contribution in [2.75, 3.05) is 25.6 Å². The molecule has 1 aromatic heterocycles. The van der Waals surface area contributed by atoms with Crippen LogP contribution in [0.15, 0.2) is 53.6 Å². The summed E-state index contributed by atoms with van der Waals surface area (Å²) in [6.45, 7) is 4.28. The number of methoxy groups -OCH3 is 1. The number of amides is 1. The SMILES string of the molecule is CCn1c2ccccc2c2cc(NC3C4=C(CCCC4)C(=O)N3CCOC)ccc21. The van der Waals surface area contributed by atoms with Crippen molar-refractivity contribution in [3.8, 4) is 0 Å². The molecule has 2 aliphatic rings. The van der Waals surface area contributed by atoms with Gasteiger partial charge in [-0.1, -0.05) is 18.2 Å². The van der Waals surface area contributed by atoms with Crippen LogP contribution < -0.4 is 5.32 Å². The van der Waals surface area contributed by atoms with Gasteiger partial charge in [0.1, 0.15) is 6.17 Å². The fourth-order valence-corrected chi connectivity index (χ4v) is 5.18. The fraction of sp³-hybridized carbons (Fsp3) is 0.400. The number of carbonyl (C=O) groups is 1. The van der Waals surface area contributed by atoms with E-state index in [4.69, 9.17) is 4.74 Å². The van der Waals surface area contributed by atoms with Crippen molar-refractivity contribution in [1.29, 1.82) is 0 Å². The summed E-state index contributed by atoms with van der Waals surface area (Å²) in [4.78, 5) is 15.0. The van der Waals surface area contributed by atoms with E-state index in [2.05, 4.69) is 59.3 Å². The zero-order valence-electron chi connectivity index (χ0n) is 17.8. The van der Waals surface area contributed by atoms with Crippen LogP contribution in [0.1, 0.15) is 32.6 Å². The Morgan fingerprint density at radius 3 is 2.70 bits per heavy atom. The second-order valence-electron chi connectivity index (χ2n) is 8.24. The molecular weight excluding hydrogens is 374 g/mol. The molecule has 0 radical (unpaired) electrons. The number of fused-ring (bicyclic) bond motifs is 3. The van der Waals surface area contributed by atoms with Crippen molar-refractivity contribution in [2.24, 2.45) is 0 Å². The van der Waals surface area contributed by atoms with E-state index in [9.17, 15) is 4.79 Å². The molecule has 1 aliphatic carbocycles. The molecule has 0 saturated heterocycles. The summed E-state index contributed by atoms with van der Waals surface area (Å²) >= 11 is 0. The maximum absolute atomic E-state index is 13.0. The van der Waals surface area contributed by atoms with Gasteiger partial charge in [0.05, 0.1) is 6.61 Å². The summed E-state index contributed by atoms with van der Waals surface area (Å²) in [7, 11) is 1.69. The predicted octanol–water partition coefficient (Wildman–Crippen LogP) is 4.91. The molecule has 0 saturated carbocycles. The van der Waals surface area contributed by atoms with E-state index in [1.54, 1.807) is 7.11 Å². The Hall–Kier alpha value is -2.79. The normalized spacial score (nSPS) is 19.2. The van der Waals surface area contributed by atoms with Gasteiger partial charge < -0.3 is 19.5 Å². The molecule has 30 heavy (non-hydrogen) atoms. The van der Waals surface area contributed by atoms with Gasteiger partial charge in [0, 0.05) is 53.3 Å². The maximum Gasteiger partial charge on any atom is 0.251 e. The van der Waals surface area contributed by atoms with Crippen LogP contribution in [0.2, 0.25) is 0 Å². The predicted molar refractivity (Wildman–Crippen MR) is 122 cm³/mol. The van der Waals surface area contributed by atoms with E-state index >= 15 is 0 Å². The number of rotatable bonds is 6. The smallest absolute Gasteiger partial charge is 0.251 e. The molecule has 0 spiro atoms. The van der Waals surface area contributed by atoms with Gasteiger partial charge in [-0.05, 0) is 62.4 Å². The minimum absolute atomic E-state index is 0.0695. The molecule has 5 heteroatoms. The number of benzene rings is 2. The maximum atomic E-state index is 13.0. The number of nitrogens with zero attached hydrogens (tertiary/aromatic N) is 2. The summed E-state index contributed by atoms with van der Waals surface area (Å²) in [5.41, 5.74) is 5.88. The number of nitrogens with one attached hydrogen (secondary N) is 1. The fourth-order valence-electron chi connectivity index (χ4n) is 5.18. The van der Waals surface area contributed by atoms with Gasteiger partial charge in [0.15, 0.2) is 0 Å². The number of ether oxygens (including phenoxy) is 1. The average Bonchev–Trinajstić information content (AvgIpc) is 3.24. The monoisotopic (exact) mass is 403 g/mol. The average molecular weight is 404 g/mol. The number of aryl methyl sites for hydroxylation is 1. The third kappa shape index (κ3) is 3.00. The molecule has 0 bridgehead atoms. The quantitative estimate of drug-likeness (QED) is 0.636. The lowest BCUT2D eigenvalue weighted by Crippen LogP contribution is -2.42. The molecule has 1 atom stereocenters. The number of aromatic nitrogens is 1. The van der Waals surface area contributed by atoms with E-state index in [1.807, 2.05) is 4.90 Å². The molecule has 2 aromatic carbocycles. The first-order valence-corrected chi connectivity index (χ1v) is 11.0. The first kappa shape index (κ1) is 19.2. The molecule has 3 aromatic rings. The second kappa shape index (κ2) is 7.80. The van der Waals surface area contributed by atoms with Gasteiger partial charge in [-0.15, -0.1) is 0 Å². The first-order chi connectivity index (χ1) is 14.7. The van der Waals surface area contributed by atoms with Crippen LogP contribution in [0.5, 0.6) is 0 Å². The van der Waals surface area contributed by atoms with E-state index < -0.39 is 0 Å². The van der Waals surface area contributed by atoms with Crippen molar-refractivity contribution in [1.82, 2.24) is 9.47 Å². The van der Waals surface area contributed by atoms with Crippen LogP contribution >= 0.6 is 0 Å². The van der Waals surface area contributed by atoms with Crippen molar-refractivity contribution in [2.45, 2.75) is 45.3 Å². The van der Waals surface area contributed by atoms with Gasteiger partial charge in [-0.3, -0.25) is 4.79 Å². The molecule has 1 unspecified atom stereocenters. The summed E-state index contributed by atoms with van der Waals surface area (Å²) in [6.07, 6.45) is 4.10. The molecule has 0 fully saturated rings. The van der Waals surface area contributed by atoms with E-state index in [0.29, 0.717) is 13.2 Å². The summed E-state index contributed by atoms with van der Waals surface area (Å²) in [5.74, 6) is 0.183. The molecule has 1 aliphatic heterocycles. The highest BCUT2D eigenvalue weighted by molar-refractivity contribution is 6.09. The lowest BCUT2D eigenvalue weighted by Gasteiger charge is -2.29. The highest BCUT2D eigenvalue weighted by Gasteiger charge is 2.39. The van der Waals surface area contributed by atoms with Crippen LogP contribution in [0, 0.1) is 0 Å². The zero-order valence-corrected chi connectivity index (χ0v) is 17.8. The summed E-state index contributed by atoms with van der Waals surface area (Å²) in [5, 5.41) is 6.22. The molecule has 5 rings (SSSR count). The Morgan fingerprint density at radius 1 is 1.07 bits per heavy atom. The van der Waals surface area contributed by atoms with Crippen LogP contribution in [-0.2, 0) is 16.1 Å². The standard InChI is InChI=1S/C25H29N3O2/c1-3-27-22-11-7-6-8-18(22)21-16-17(12-13-23(21)27)26-24-19-9-4-5-10-20(19)25(29)28(24)14-15-30-2/h6-8,11-13,16,24,26H,3-5,9-10,14-15H2,1-2H3. The lowest BCUT2D eigenvalue weighted by molar-refractivity contribution is -0.127. The third-order valence-electron chi connectivity index (χ3n) is 6.60. The van der Waals surface area contributed by atoms with Crippen molar-refractivity contribution in [3.63, 3.8) is 0 Å². The minimum Gasteiger partial charge on any atom is -0.383 e. The van der Waals surface area contributed by atoms with E-state index in [1.165, 1.54) is 27.4 Å². The highest BCUT2D eigenvalue weighted by atomic mass is 16.5. The molecule has 1 N–H and O–H groups in total. The van der Waals surface area contributed by atoms with Crippen LogP contribution in [-0.4, -0.2) is 41.8 Å². The zero-order chi connectivity index (χ0) is 20.7. The summed E-state index contributed by atoms with van der Waals surface area (Å²) in [6, 6.07) is 15.2. The molecular formula is C25H29N3O2. The Bertz CT molecular complexity index is 1140. The van der Waals surface area contributed by atoms with Crippen LogP contribution in [0.25, 0.3) is 21.8 Å². The van der Waals surface area contributed by atoms with E-state index in [0.717, 1.165) is 43.5 Å². The third-order valence-corrected chi connectivity index (χ3v) is 6.60. The first-order valence-electron chi connectivity index (χ1n) is 11.0. The van der Waals surface area contributed by atoms with Crippen LogP contribution in [0.4, 0.5) is 5.69 Å². The number of hydrogen-bond acceptors (Lipinski definition) is 3. The van der Waals surface area contributed by atoms with Crippen molar-refractivity contribution >= 4 is 33.4 Å². The van der Waals surface area contributed by atoms with Gasteiger partial charge in [-0.2, -0.15) is 0 Å². The van der Waals surface area contributed by atoms with Gasteiger partial charge >= 0.3 is 0 Å². The van der Waals surface area contributed by atoms with Crippen molar-refractivity contribution in [3.05, 3.63) is 53.6 Å². The topological polar surface area (TPSA) is 46.5 Å². The molecule has 5 nitrogen and oxygen atoms in total. The Kier molecular flexibility index (Phi) is 4.99. The number of para-hydroxylation sites is 1. The largest absolute Gasteiger partial charge is 0.383 e. The Labute approximate surface area is 177 Å². The van der Waals surface area contributed by atoms with Gasteiger partial charge in [0.25, 0.3) is 5.91 Å². The van der Waals surface area contributed by atoms with E-state index in [-0.39, 0.29) is 12.1 Å². The molecule has 2 heterocycles. The highest BCUT2D eigenvalue weighted by Crippen LogP contribution is 2.38. The van der Waals surface area contributed by atoms with Gasteiger partial charge in [0.2, 0.25) is 0 Å². The summed E-state index contributed by atoms with van der Waals surface area (Å²) < 4.78 is 7.64. The number of anilines is 1. The minimum atomic E-state index is -0.0695. The lowest BCUT2D eigenvalue weighted by atomic mass is 9.92.